The van der Waals surface area contributed by atoms with Gasteiger partial charge in [0.15, 0.2) is 0 Å². The first-order valence-electron chi connectivity index (χ1n) is 8.47. The van der Waals surface area contributed by atoms with E-state index in [4.69, 9.17) is 4.74 Å². The lowest BCUT2D eigenvalue weighted by molar-refractivity contribution is 0.121. The van der Waals surface area contributed by atoms with Crippen molar-refractivity contribution in [2.45, 2.75) is 45.1 Å². The number of para-hydroxylation sites is 1. The summed E-state index contributed by atoms with van der Waals surface area (Å²) < 4.78 is 5.35. The number of carbonyl (C=O) groups excluding carboxylic acids is 1. The summed E-state index contributed by atoms with van der Waals surface area (Å²) in [7, 11) is 0. The molecule has 0 bridgehead atoms. The van der Waals surface area contributed by atoms with Gasteiger partial charge in [-0.05, 0) is 50.3 Å². The quantitative estimate of drug-likeness (QED) is 0.919. The number of nitrogens with zero attached hydrogens (tertiary/aromatic N) is 1. The number of rotatable bonds is 4. The number of aryl methyl sites for hydroxylation is 1. The van der Waals surface area contributed by atoms with E-state index in [0.29, 0.717) is 6.61 Å². The minimum Gasteiger partial charge on any atom is -0.448 e. The third-order valence-electron chi connectivity index (χ3n) is 5.12. The minimum absolute atomic E-state index is 0.353. The molecule has 1 saturated carbocycles. The largest absolute Gasteiger partial charge is 0.448 e. The van der Waals surface area contributed by atoms with Gasteiger partial charge < -0.3 is 4.74 Å². The van der Waals surface area contributed by atoms with Gasteiger partial charge in [-0.2, -0.15) is 0 Å². The third-order valence-corrected chi connectivity index (χ3v) is 5.12. The number of nitrogens with one attached hydrogen (secondary N) is 1. The smallest absolute Gasteiger partial charge is 0.411 e. The van der Waals surface area contributed by atoms with Crippen molar-refractivity contribution in [1.82, 2.24) is 4.90 Å². The lowest BCUT2D eigenvalue weighted by Gasteiger charge is -2.31. The molecule has 2 unspecified atom stereocenters. The summed E-state index contributed by atoms with van der Waals surface area (Å²) >= 11 is 0. The molecule has 0 radical (unpaired) electrons. The van der Waals surface area contributed by atoms with Gasteiger partial charge in [-0.15, -0.1) is 0 Å². The van der Waals surface area contributed by atoms with Gasteiger partial charge in [-0.3, -0.25) is 10.2 Å². The van der Waals surface area contributed by atoms with Gasteiger partial charge in [0.05, 0.1) is 0 Å². The van der Waals surface area contributed by atoms with Crippen molar-refractivity contribution in [2.24, 2.45) is 5.92 Å². The fraction of sp³-hybridized carbons (Fsp3) is 0.611. The van der Waals surface area contributed by atoms with Gasteiger partial charge in [0.1, 0.15) is 6.61 Å². The van der Waals surface area contributed by atoms with Gasteiger partial charge in [0, 0.05) is 18.3 Å². The number of anilines is 1. The van der Waals surface area contributed by atoms with E-state index in [2.05, 4.69) is 10.2 Å². The van der Waals surface area contributed by atoms with Crippen LogP contribution >= 0.6 is 0 Å². The number of fused-ring (bicyclic) bond motifs is 1. The maximum atomic E-state index is 11.9. The van der Waals surface area contributed by atoms with Crippen LogP contribution in [-0.2, 0) is 4.74 Å². The molecular weight excluding hydrogens is 276 g/mol. The second-order valence-corrected chi connectivity index (χ2v) is 6.51. The van der Waals surface area contributed by atoms with Crippen LogP contribution in [0.25, 0.3) is 0 Å². The minimum atomic E-state index is -0.353. The summed E-state index contributed by atoms with van der Waals surface area (Å²) in [5.74, 6) is 0.884. The van der Waals surface area contributed by atoms with Crippen LogP contribution in [0.2, 0.25) is 0 Å². The van der Waals surface area contributed by atoms with Crippen LogP contribution in [0.1, 0.15) is 37.7 Å². The van der Waals surface area contributed by atoms with Gasteiger partial charge in [-0.1, -0.05) is 31.0 Å². The van der Waals surface area contributed by atoms with Crippen molar-refractivity contribution >= 4 is 11.8 Å². The Labute approximate surface area is 132 Å². The number of hydrogen-bond acceptors (Lipinski definition) is 3. The monoisotopic (exact) mass is 302 g/mol. The Bertz CT molecular complexity index is 518. The predicted octanol–water partition coefficient (Wildman–Crippen LogP) is 3.81. The van der Waals surface area contributed by atoms with Crippen molar-refractivity contribution < 1.29 is 9.53 Å². The zero-order valence-corrected chi connectivity index (χ0v) is 13.4. The molecule has 2 aliphatic rings. The third kappa shape index (κ3) is 3.61. The van der Waals surface area contributed by atoms with Crippen LogP contribution in [0, 0.1) is 12.8 Å². The Hall–Kier alpha value is -1.55. The Morgan fingerprint density at radius 3 is 2.95 bits per heavy atom. The summed E-state index contributed by atoms with van der Waals surface area (Å²) in [5, 5.41) is 2.81. The van der Waals surface area contributed by atoms with E-state index in [1.54, 1.807) is 0 Å². The zero-order valence-electron chi connectivity index (χ0n) is 13.4. The lowest BCUT2D eigenvalue weighted by atomic mass is 9.85. The second kappa shape index (κ2) is 7.14. The number of benzene rings is 1. The highest BCUT2D eigenvalue weighted by Crippen LogP contribution is 2.35. The van der Waals surface area contributed by atoms with Gasteiger partial charge in [0.25, 0.3) is 0 Å². The molecule has 0 aromatic heterocycles. The number of ether oxygens (including phenoxy) is 1. The van der Waals surface area contributed by atoms with E-state index in [-0.39, 0.29) is 6.09 Å². The van der Waals surface area contributed by atoms with Crippen molar-refractivity contribution in [3.05, 3.63) is 29.8 Å². The molecule has 1 N–H and O–H groups in total. The average molecular weight is 302 g/mol. The molecule has 1 aliphatic heterocycles. The Morgan fingerprint density at radius 2 is 2.09 bits per heavy atom. The van der Waals surface area contributed by atoms with Crippen LogP contribution < -0.4 is 5.32 Å². The summed E-state index contributed by atoms with van der Waals surface area (Å²) in [4.78, 5) is 14.4. The first kappa shape index (κ1) is 15.3. The summed E-state index contributed by atoms with van der Waals surface area (Å²) in [6.45, 7) is 4.48. The first-order valence-corrected chi connectivity index (χ1v) is 8.47. The molecule has 2 atom stereocenters. The van der Waals surface area contributed by atoms with Crippen molar-refractivity contribution in [3.63, 3.8) is 0 Å². The fourth-order valence-electron chi connectivity index (χ4n) is 3.90. The van der Waals surface area contributed by atoms with Crippen molar-refractivity contribution in [1.29, 1.82) is 0 Å². The normalized spacial score (nSPS) is 24.8. The second-order valence-electron chi connectivity index (χ2n) is 6.51. The molecule has 1 heterocycles. The SMILES string of the molecule is Cc1ccccc1NC(=O)OCCN1CCC2CCCCC21. The van der Waals surface area contributed by atoms with Crippen LogP contribution in [0.3, 0.4) is 0 Å². The highest BCUT2D eigenvalue weighted by Gasteiger charge is 2.35. The summed E-state index contributed by atoms with van der Waals surface area (Å²) in [6, 6.07) is 8.47. The maximum absolute atomic E-state index is 11.9. The van der Waals surface area contributed by atoms with E-state index in [1.165, 1.54) is 32.1 Å². The molecular formula is C18H26N2O2. The van der Waals surface area contributed by atoms with Crippen molar-refractivity contribution in [2.75, 3.05) is 25.0 Å². The van der Waals surface area contributed by atoms with E-state index in [0.717, 1.165) is 36.3 Å². The highest BCUT2D eigenvalue weighted by atomic mass is 16.5. The molecule has 1 amide bonds. The molecule has 22 heavy (non-hydrogen) atoms. The molecule has 4 heteroatoms. The fourth-order valence-corrected chi connectivity index (χ4v) is 3.90. The van der Waals surface area contributed by atoms with Gasteiger partial charge in [0.2, 0.25) is 0 Å². The molecule has 4 nitrogen and oxygen atoms in total. The van der Waals surface area contributed by atoms with Gasteiger partial charge in [-0.25, -0.2) is 4.79 Å². The number of hydrogen-bond donors (Lipinski definition) is 1. The van der Waals surface area contributed by atoms with E-state index < -0.39 is 0 Å². The topological polar surface area (TPSA) is 41.6 Å². The van der Waals surface area contributed by atoms with Crippen LogP contribution in [0.5, 0.6) is 0 Å². The molecule has 2 fully saturated rings. The van der Waals surface area contributed by atoms with E-state index >= 15 is 0 Å². The molecule has 120 valence electrons. The highest BCUT2D eigenvalue weighted by molar-refractivity contribution is 5.85. The maximum Gasteiger partial charge on any atom is 0.411 e. The summed E-state index contributed by atoms with van der Waals surface area (Å²) in [5.41, 5.74) is 1.87. The molecule has 3 rings (SSSR count). The van der Waals surface area contributed by atoms with Crippen LogP contribution in [-0.4, -0.2) is 36.7 Å². The van der Waals surface area contributed by atoms with E-state index in [1.807, 2.05) is 31.2 Å². The zero-order chi connectivity index (χ0) is 15.4. The Kier molecular flexibility index (Phi) is 4.98. The molecule has 1 saturated heterocycles. The molecule has 1 aromatic rings. The standard InChI is InChI=1S/C18H26N2O2/c1-14-6-2-4-8-16(14)19-18(21)22-13-12-20-11-10-15-7-3-5-9-17(15)20/h2,4,6,8,15,17H,3,5,7,9-13H2,1H3,(H,19,21). The van der Waals surface area contributed by atoms with E-state index in [9.17, 15) is 4.79 Å². The van der Waals surface area contributed by atoms with Crippen LogP contribution in [0.15, 0.2) is 24.3 Å². The Balaban J connectivity index is 1.41. The van der Waals surface area contributed by atoms with Gasteiger partial charge >= 0.3 is 6.09 Å². The first-order chi connectivity index (χ1) is 10.7. The molecule has 1 aromatic carbocycles. The molecule has 1 aliphatic carbocycles. The number of carbonyl (C=O) groups is 1. The summed E-state index contributed by atoms with van der Waals surface area (Å²) in [6.07, 6.45) is 6.42. The van der Waals surface area contributed by atoms with Crippen LogP contribution in [0.4, 0.5) is 10.5 Å². The number of likely N-dealkylation sites (tertiary alicyclic amines) is 1. The average Bonchev–Trinajstić information content (AvgIpc) is 2.93. The van der Waals surface area contributed by atoms with Crippen molar-refractivity contribution in [3.8, 4) is 0 Å². The Morgan fingerprint density at radius 1 is 1.27 bits per heavy atom. The lowest BCUT2D eigenvalue weighted by Crippen LogP contribution is -2.37. The predicted molar refractivity (Wildman–Crippen MR) is 88.1 cm³/mol. The molecule has 0 spiro atoms. The number of amides is 1.